The molecule has 0 amide bonds. The summed E-state index contributed by atoms with van der Waals surface area (Å²) in [5.41, 5.74) is 0. The molecule has 1 N–H and O–H groups in total. The van der Waals surface area contributed by atoms with E-state index in [0.29, 0.717) is 12.0 Å². The lowest BCUT2D eigenvalue weighted by molar-refractivity contribution is 0.493. The van der Waals surface area contributed by atoms with Crippen LogP contribution >= 0.6 is 15.9 Å². The van der Waals surface area contributed by atoms with E-state index in [9.17, 15) is 0 Å². The van der Waals surface area contributed by atoms with Gasteiger partial charge in [-0.15, -0.1) is 0 Å². The molecule has 78 valence electrons. The number of hydrogen-bond acceptors (Lipinski definition) is 3. The van der Waals surface area contributed by atoms with Crippen LogP contribution in [0.25, 0.3) is 0 Å². The Hall–Kier alpha value is -0.640. The molecule has 0 aliphatic rings. The Kier molecular flexibility index (Phi) is 4.32. The van der Waals surface area contributed by atoms with Crippen molar-refractivity contribution in [2.75, 3.05) is 5.32 Å². The SMILES string of the molecule is CCC(C)C(C)Nc1cnc(Br)cn1. The number of halogens is 1. The number of nitrogens with zero attached hydrogens (tertiary/aromatic N) is 2. The second kappa shape index (κ2) is 5.29. The molecule has 0 saturated carbocycles. The van der Waals surface area contributed by atoms with Gasteiger partial charge in [0.2, 0.25) is 0 Å². The summed E-state index contributed by atoms with van der Waals surface area (Å²) in [5, 5.41) is 3.33. The van der Waals surface area contributed by atoms with Gasteiger partial charge in [-0.05, 0) is 28.8 Å². The maximum atomic E-state index is 4.21. The average molecular weight is 258 g/mol. The van der Waals surface area contributed by atoms with Crippen molar-refractivity contribution < 1.29 is 0 Å². The first-order valence-corrected chi connectivity index (χ1v) is 5.67. The number of aromatic nitrogens is 2. The van der Waals surface area contributed by atoms with Crippen LogP contribution < -0.4 is 5.32 Å². The smallest absolute Gasteiger partial charge is 0.144 e. The van der Waals surface area contributed by atoms with Crippen LogP contribution in [0, 0.1) is 5.92 Å². The molecule has 14 heavy (non-hydrogen) atoms. The monoisotopic (exact) mass is 257 g/mol. The van der Waals surface area contributed by atoms with Crippen LogP contribution in [0.3, 0.4) is 0 Å². The topological polar surface area (TPSA) is 37.8 Å². The summed E-state index contributed by atoms with van der Waals surface area (Å²) in [7, 11) is 0. The second-order valence-electron chi connectivity index (χ2n) is 3.54. The molecule has 0 spiro atoms. The van der Waals surface area contributed by atoms with Gasteiger partial charge in [0.05, 0.1) is 12.4 Å². The Morgan fingerprint density at radius 2 is 2.07 bits per heavy atom. The first-order valence-electron chi connectivity index (χ1n) is 4.87. The number of anilines is 1. The highest BCUT2D eigenvalue weighted by Gasteiger charge is 2.09. The van der Waals surface area contributed by atoms with Crippen LogP contribution in [0.1, 0.15) is 27.2 Å². The van der Waals surface area contributed by atoms with E-state index < -0.39 is 0 Å². The highest BCUT2D eigenvalue weighted by atomic mass is 79.9. The molecule has 0 aromatic carbocycles. The van der Waals surface area contributed by atoms with Gasteiger partial charge in [0.25, 0.3) is 0 Å². The van der Waals surface area contributed by atoms with E-state index in [1.54, 1.807) is 12.4 Å². The summed E-state index contributed by atoms with van der Waals surface area (Å²) in [6, 6.07) is 0.426. The third-order valence-electron chi connectivity index (χ3n) is 2.49. The maximum Gasteiger partial charge on any atom is 0.144 e. The molecule has 2 unspecified atom stereocenters. The van der Waals surface area contributed by atoms with Gasteiger partial charge in [0, 0.05) is 6.04 Å². The van der Waals surface area contributed by atoms with Gasteiger partial charge in [0.15, 0.2) is 0 Å². The van der Waals surface area contributed by atoms with E-state index in [1.807, 2.05) is 0 Å². The highest BCUT2D eigenvalue weighted by molar-refractivity contribution is 9.10. The average Bonchev–Trinajstić information content (AvgIpc) is 2.20. The van der Waals surface area contributed by atoms with Gasteiger partial charge in [0.1, 0.15) is 10.4 Å². The van der Waals surface area contributed by atoms with E-state index >= 15 is 0 Å². The first-order chi connectivity index (χ1) is 6.63. The zero-order chi connectivity index (χ0) is 10.6. The van der Waals surface area contributed by atoms with Crippen LogP contribution in [-0.2, 0) is 0 Å². The van der Waals surface area contributed by atoms with Crippen molar-refractivity contribution in [2.45, 2.75) is 33.2 Å². The molecule has 0 radical (unpaired) electrons. The normalized spacial score (nSPS) is 14.9. The van der Waals surface area contributed by atoms with Crippen LogP contribution in [0.5, 0.6) is 0 Å². The van der Waals surface area contributed by atoms with Gasteiger partial charge in [-0.3, -0.25) is 0 Å². The van der Waals surface area contributed by atoms with Crippen molar-refractivity contribution in [1.82, 2.24) is 9.97 Å². The summed E-state index contributed by atoms with van der Waals surface area (Å²) < 4.78 is 0.763. The largest absolute Gasteiger partial charge is 0.366 e. The van der Waals surface area contributed by atoms with E-state index in [2.05, 4.69) is 52.0 Å². The predicted octanol–water partition coefficient (Wildman–Crippen LogP) is 3.09. The molecule has 0 bridgehead atoms. The van der Waals surface area contributed by atoms with Crippen LogP contribution in [0.2, 0.25) is 0 Å². The van der Waals surface area contributed by atoms with Crippen LogP contribution in [-0.4, -0.2) is 16.0 Å². The Morgan fingerprint density at radius 3 is 2.57 bits per heavy atom. The standard InChI is InChI=1S/C10H16BrN3/c1-4-7(2)8(3)14-10-6-12-9(11)5-13-10/h5-8H,4H2,1-3H3,(H,13,14). The van der Waals surface area contributed by atoms with Gasteiger partial charge in [-0.25, -0.2) is 9.97 Å². The minimum absolute atomic E-state index is 0.426. The first kappa shape index (κ1) is 11.4. The molecular weight excluding hydrogens is 242 g/mol. The van der Waals surface area contributed by atoms with E-state index in [4.69, 9.17) is 0 Å². The zero-order valence-electron chi connectivity index (χ0n) is 8.79. The molecule has 1 aromatic heterocycles. The Labute approximate surface area is 93.5 Å². The molecule has 0 fully saturated rings. The van der Waals surface area contributed by atoms with Crippen molar-refractivity contribution in [3.05, 3.63) is 17.0 Å². The van der Waals surface area contributed by atoms with Gasteiger partial charge in [-0.2, -0.15) is 0 Å². The third-order valence-corrected chi connectivity index (χ3v) is 2.90. The van der Waals surface area contributed by atoms with Crippen LogP contribution in [0.4, 0.5) is 5.82 Å². The number of nitrogens with one attached hydrogen (secondary N) is 1. The summed E-state index contributed by atoms with van der Waals surface area (Å²) in [4.78, 5) is 8.32. The Bertz CT molecular complexity index is 273. The summed E-state index contributed by atoms with van der Waals surface area (Å²) >= 11 is 3.25. The maximum absolute atomic E-state index is 4.21. The molecule has 2 atom stereocenters. The molecule has 0 aliphatic heterocycles. The van der Waals surface area contributed by atoms with E-state index in [1.165, 1.54) is 0 Å². The lowest BCUT2D eigenvalue weighted by Gasteiger charge is -2.19. The van der Waals surface area contributed by atoms with Crippen molar-refractivity contribution in [2.24, 2.45) is 5.92 Å². The fourth-order valence-electron chi connectivity index (χ4n) is 1.12. The minimum Gasteiger partial charge on any atom is -0.366 e. The van der Waals surface area contributed by atoms with Gasteiger partial charge >= 0.3 is 0 Å². The van der Waals surface area contributed by atoms with E-state index in [-0.39, 0.29) is 0 Å². The molecule has 0 saturated heterocycles. The molecule has 1 aromatic rings. The molecular formula is C10H16BrN3. The lowest BCUT2D eigenvalue weighted by atomic mass is 10.0. The molecule has 3 nitrogen and oxygen atoms in total. The fourth-order valence-corrected chi connectivity index (χ4v) is 1.32. The van der Waals surface area contributed by atoms with Crippen molar-refractivity contribution in [3.63, 3.8) is 0 Å². The van der Waals surface area contributed by atoms with Gasteiger partial charge in [-0.1, -0.05) is 20.3 Å². The lowest BCUT2D eigenvalue weighted by Crippen LogP contribution is -2.23. The summed E-state index contributed by atoms with van der Waals surface area (Å²) in [6.07, 6.45) is 4.60. The molecule has 1 heterocycles. The van der Waals surface area contributed by atoms with E-state index in [0.717, 1.165) is 16.8 Å². The Balaban J connectivity index is 2.56. The third kappa shape index (κ3) is 3.25. The van der Waals surface area contributed by atoms with Crippen molar-refractivity contribution >= 4 is 21.7 Å². The fraction of sp³-hybridized carbons (Fsp3) is 0.600. The van der Waals surface area contributed by atoms with Gasteiger partial charge < -0.3 is 5.32 Å². The highest BCUT2D eigenvalue weighted by Crippen LogP contribution is 2.13. The minimum atomic E-state index is 0.426. The van der Waals surface area contributed by atoms with Crippen molar-refractivity contribution in [1.29, 1.82) is 0 Å². The molecule has 1 rings (SSSR count). The second-order valence-corrected chi connectivity index (χ2v) is 4.36. The van der Waals surface area contributed by atoms with Crippen LogP contribution in [0.15, 0.2) is 17.0 Å². The van der Waals surface area contributed by atoms with Crippen molar-refractivity contribution in [3.8, 4) is 0 Å². The number of hydrogen-bond donors (Lipinski definition) is 1. The molecule has 4 heteroatoms. The molecule has 0 aliphatic carbocycles. The number of rotatable bonds is 4. The Morgan fingerprint density at radius 1 is 1.36 bits per heavy atom. The summed E-state index contributed by atoms with van der Waals surface area (Å²) in [5.74, 6) is 1.47. The zero-order valence-corrected chi connectivity index (χ0v) is 10.4. The summed E-state index contributed by atoms with van der Waals surface area (Å²) in [6.45, 7) is 6.58. The predicted molar refractivity (Wildman–Crippen MR) is 62.3 cm³/mol. The quantitative estimate of drug-likeness (QED) is 0.901.